The van der Waals surface area contributed by atoms with E-state index in [0.717, 1.165) is 5.56 Å². The lowest BCUT2D eigenvalue weighted by Gasteiger charge is -2.35. The van der Waals surface area contributed by atoms with E-state index >= 15 is 0 Å². The summed E-state index contributed by atoms with van der Waals surface area (Å²) in [5.74, 6) is -0.441. The van der Waals surface area contributed by atoms with Gasteiger partial charge in [-0.3, -0.25) is 9.69 Å². The quantitative estimate of drug-likeness (QED) is 0.811. The van der Waals surface area contributed by atoms with Gasteiger partial charge in [-0.25, -0.2) is 4.39 Å². The lowest BCUT2D eigenvalue weighted by atomic mass is 9.93. The zero-order valence-electron chi connectivity index (χ0n) is 13.2. The third-order valence-electron chi connectivity index (χ3n) is 4.20. The van der Waals surface area contributed by atoms with Gasteiger partial charge in [0.05, 0.1) is 6.61 Å². The summed E-state index contributed by atoms with van der Waals surface area (Å²) in [5.41, 5.74) is 3.41. The molecule has 1 atom stereocenters. The van der Waals surface area contributed by atoms with Crippen molar-refractivity contribution in [1.29, 1.82) is 0 Å². The number of halogens is 1. The number of hydrogen-bond donors (Lipinski definition) is 0. The topological polar surface area (TPSA) is 29.5 Å². The number of benzene rings is 2. The first-order valence-electron chi connectivity index (χ1n) is 7.89. The van der Waals surface area contributed by atoms with E-state index in [1.54, 1.807) is 12.1 Å². The zero-order chi connectivity index (χ0) is 16.2. The van der Waals surface area contributed by atoms with Crippen molar-refractivity contribution in [2.75, 3.05) is 6.61 Å². The van der Waals surface area contributed by atoms with Gasteiger partial charge in [0.2, 0.25) is 0 Å². The fourth-order valence-electron chi connectivity index (χ4n) is 3.04. The Hall–Kier alpha value is -2.20. The van der Waals surface area contributed by atoms with Crippen LogP contribution in [0.5, 0.6) is 0 Å². The maximum Gasteiger partial charge on any atom is 0.323 e. The van der Waals surface area contributed by atoms with Crippen LogP contribution in [0.4, 0.5) is 4.39 Å². The number of ether oxygens (including phenoxy) is 1. The second kappa shape index (κ2) is 6.92. The van der Waals surface area contributed by atoms with Crippen LogP contribution in [-0.2, 0) is 29.0 Å². The molecule has 0 radical (unpaired) electrons. The third-order valence-corrected chi connectivity index (χ3v) is 4.20. The van der Waals surface area contributed by atoms with Gasteiger partial charge in [0.1, 0.15) is 11.9 Å². The molecule has 1 aliphatic rings. The predicted octanol–water partition coefficient (Wildman–Crippen LogP) is 3.32. The summed E-state index contributed by atoms with van der Waals surface area (Å²) < 4.78 is 18.3. The molecule has 2 aromatic rings. The van der Waals surface area contributed by atoms with Crippen molar-refractivity contribution in [3.8, 4) is 0 Å². The molecule has 1 aliphatic heterocycles. The van der Waals surface area contributed by atoms with Crippen molar-refractivity contribution in [2.45, 2.75) is 32.5 Å². The first-order valence-corrected chi connectivity index (χ1v) is 7.89. The van der Waals surface area contributed by atoms with E-state index in [1.807, 2.05) is 19.1 Å². The van der Waals surface area contributed by atoms with Crippen LogP contribution in [0.3, 0.4) is 0 Å². The SMILES string of the molecule is CCOC(=O)C1Cc2ccccc2CN1Cc1ccc(F)cc1. The summed E-state index contributed by atoms with van der Waals surface area (Å²) in [4.78, 5) is 14.4. The smallest absolute Gasteiger partial charge is 0.323 e. The van der Waals surface area contributed by atoms with Crippen molar-refractivity contribution in [3.63, 3.8) is 0 Å². The average molecular weight is 313 g/mol. The van der Waals surface area contributed by atoms with E-state index < -0.39 is 0 Å². The van der Waals surface area contributed by atoms with Crippen LogP contribution in [0.2, 0.25) is 0 Å². The molecule has 0 aliphatic carbocycles. The molecular formula is C19H20FNO2. The van der Waals surface area contributed by atoms with Gasteiger partial charge < -0.3 is 4.74 Å². The maximum atomic E-state index is 13.1. The van der Waals surface area contributed by atoms with E-state index in [4.69, 9.17) is 4.74 Å². The van der Waals surface area contributed by atoms with Crippen LogP contribution in [0.25, 0.3) is 0 Å². The summed E-state index contributed by atoms with van der Waals surface area (Å²) in [6, 6.07) is 14.3. The van der Waals surface area contributed by atoms with Gasteiger partial charge in [-0.05, 0) is 42.2 Å². The summed E-state index contributed by atoms with van der Waals surface area (Å²) in [7, 11) is 0. The first-order chi connectivity index (χ1) is 11.2. The Morgan fingerprint density at radius 1 is 1.17 bits per heavy atom. The molecule has 0 N–H and O–H groups in total. The minimum Gasteiger partial charge on any atom is -0.465 e. The number of esters is 1. The van der Waals surface area contributed by atoms with Gasteiger partial charge in [0.25, 0.3) is 0 Å². The van der Waals surface area contributed by atoms with Crippen molar-refractivity contribution in [3.05, 3.63) is 71.0 Å². The fraction of sp³-hybridized carbons (Fsp3) is 0.316. The second-order valence-electron chi connectivity index (χ2n) is 5.77. The molecule has 23 heavy (non-hydrogen) atoms. The van der Waals surface area contributed by atoms with Crippen molar-refractivity contribution < 1.29 is 13.9 Å². The Labute approximate surface area is 135 Å². The zero-order valence-corrected chi connectivity index (χ0v) is 13.2. The highest BCUT2D eigenvalue weighted by Crippen LogP contribution is 2.25. The molecule has 0 saturated heterocycles. The molecule has 0 fully saturated rings. The van der Waals surface area contributed by atoms with Gasteiger partial charge in [-0.2, -0.15) is 0 Å². The van der Waals surface area contributed by atoms with Crippen molar-refractivity contribution >= 4 is 5.97 Å². The van der Waals surface area contributed by atoms with Crippen LogP contribution >= 0.6 is 0 Å². The molecule has 4 heteroatoms. The number of carbonyl (C=O) groups excluding carboxylic acids is 1. The van der Waals surface area contributed by atoms with Gasteiger partial charge >= 0.3 is 5.97 Å². The highest BCUT2D eigenvalue weighted by molar-refractivity contribution is 5.76. The molecule has 0 amide bonds. The highest BCUT2D eigenvalue weighted by Gasteiger charge is 2.32. The van der Waals surface area contributed by atoms with E-state index in [2.05, 4.69) is 17.0 Å². The fourth-order valence-corrected chi connectivity index (χ4v) is 3.04. The Kier molecular flexibility index (Phi) is 4.72. The Bertz CT molecular complexity index is 684. The molecule has 0 saturated carbocycles. The number of rotatable bonds is 4. The lowest BCUT2D eigenvalue weighted by Crippen LogP contribution is -2.45. The summed E-state index contributed by atoms with van der Waals surface area (Å²) in [5, 5.41) is 0. The van der Waals surface area contributed by atoms with Crippen LogP contribution < -0.4 is 0 Å². The molecule has 2 aromatic carbocycles. The Morgan fingerprint density at radius 3 is 2.57 bits per heavy atom. The molecule has 1 heterocycles. The predicted molar refractivity (Wildman–Crippen MR) is 86.2 cm³/mol. The van der Waals surface area contributed by atoms with E-state index in [0.29, 0.717) is 26.1 Å². The largest absolute Gasteiger partial charge is 0.465 e. The van der Waals surface area contributed by atoms with E-state index in [-0.39, 0.29) is 17.8 Å². The molecule has 0 aromatic heterocycles. The lowest BCUT2D eigenvalue weighted by molar-refractivity contribution is -0.150. The molecule has 120 valence electrons. The van der Waals surface area contributed by atoms with Crippen LogP contribution in [0.15, 0.2) is 48.5 Å². The summed E-state index contributed by atoms with van der Waals surface area (Å²) >= 11 is 0. The average Bonchev–Trinajstić information content (AvgIpc) is 2.56. The summed E-state index contributed by atoms with van der Waals surface area (Å²) in [6.45, 7) is 3.48. The molecule has 0 spiro atoms. The Morgan fingerprint density at radius 2 is 1.87 bits per heavy atom. The highest BCUT2D eigenvalue weighted by atomic mass is 19.1. The van der Waals surface area contributed by atoms with E-state index in [1.165, 1.54) is 23.3 Å². The van der Waals surface area contributed by atoms with Crippen molar-refractivity contribution in [2.24, 2.45) is 0 Å². The van der Waals surface area contributed by atoms with Crippen LogP contribution in [0.1, 0.15) is 23.6 Å². The molecule has 0 bridgehead atoms. The van der Waals surface area contributed by atoms with Gasteiger partial charge in [-0.15, -0.1) is 0 Å². The second-order valence-corrected chi connectivity index (χ2v) is 5.77. The third kappa shape index (κ3) is 3.59. The minimum absolute atomic E-state index is 0.191. The standard InChI is InChI=1S/C19H20FNO2/c1-2-23-19(22)18-11-15-5-3-4-6-16(15)13-21(18)12-14-7-9-17(20)10-8-14/h3-10,18H,2,11-13H2,1H3. The van der Waals surface area contributed by atoms with Crippen LogP contribution in [-0.4, -0.2) is 23.5 Å². The molecule has 1 unspecified atom stereocenters. The molecule has 3 nitrogen and oxygen atoms in total. The van der Waals surface area contributed by atoms with Crippen molar-refractivity contribution in [1.82, 2.24) is 4.90 Å². The Balaban J connectivity index is 1.85. The number of nitrogens with zero attached hydrogens (tertiary/aromatic N) is 1. The molecule has 3 rings (SSSR count). The number of hydrogen-bond acceptors (Lipinski definition) is 3. The minimum atomic E-state index is -0.296. The van der Waals surface area contributed by atoms with E-state index in [9.17, 15) is 9.18 Å². The normalized spacial score (nSPS) is 17.6. The molecular weight excluding hydrogens is 293 g/mol. The van der Waals surface area contributed by atoms with Gasteiger partial charge in [-0.1, -0.05) is 36.4 Å². The van der Waals surface area contributed by atoms with Crippen LogP contribution in [0, 0.1) is 5.82 Å². The van der Waals surface area contributed by atoms with Gasteiger partial charge in [0, 0.05) is 13.1 Å². The summed E-state index contributed by atoms with van der Waals surface area (Å²) in [6.07, 6.45) is 0.649. The number of fused-ring (bicyclic) bond motifs is 1. The van der Waals surface area contributed by atoms with Gasteiger partial charge in [0.15, 0.2) is 0 Å². The maximum absolute atomic E-state index is 13.1. The monoisotopic (exact) mass is 313 g/mol. The number of carbonyl (C=O) groups is 1. The first kappa shape index (κ1) is 15.7.